The van der Waals surface area contributed by atoms with Crippen LogP contribution in [0.3, 0.4) is 0 Å². The smallest absolute Gasteiger partial charge is 0.185 e. The zero-order chi connectivity index (χ0) is 19.2. The van der Waals surface area contributed by atoms with Crippen molar-refractivity contribution in [2.24, 2.45) is 0 Å². The van der Waals surface area contributed by atoms with Gasteiger partial charge in [0.05, 0.1) is 0 Å². The lowest BCUT2D eigenvalue weighted by atomic mass is 10.1. The molecule has 3 aromatic carbocycles. The zero-order valence-corrected chi connectivity index (χ0v) is 15.7. The minimum absolute atomic E-state index is 0.131. The van der Waals surface area contributed by atoms with Gasteiger partial charge < -0.3 is 9.84 Å². The number of hydrogen-bond donors (Lipinski definition) is 1. The molecule has 0 aliphatic heterocycles. The molecule has 0 saturated heterocycles. The van der Waals surface area contributed by atoms with Crippen molar-refractivity contribution in [2.45, 2.75) is 6.61 Å². The van der Waals surface area contributed by atoms with E-state index in [1.54, 1.807) is 30.3 Å². The van der Waals surface area contributed by atoms with E-state index in [1.165, 1.54) is 18.2 Å². The Morgan fingerprint density at radius 3 is 2.33 bits per heavy atom. The van der Waals surface area contributed by atoms with Crippen LogP contribution in [0.5, 0.6) is 11.5 Å². The number of ether oxygens (including phenoxy) is 1. The van der Waals surface area contributed by atoms with E-state index in [1.807, 2.05) is 30.3 Å². The van der Waals surface area contributed by atoms with Crippen LogP contribution in [-0.2, 0) is 6.61 Å². The lowest BCUT2D eigenvalue weighted by Crippen LogP contribution is -1.96. The number of carbonyl (C=O) groups is 1. The molecule has 0 radical (unpaired) electrons. The molecule has 3 rings (SSSR count). The molecule has 0 fully saturated rings. The molecule has 27 heavy (non-hydrogen) atoms. The van der Waals surface area contributed by atoms with Gasteiger partial charge in [-0.05, 0) is 60.2 Å². The van der Waals surface area contributed by atoms with E-state index in [4.69, 9.17) is 27.9 Å². The first-order chi connectivity index (χ1) is 13.0. The highest BCUT2D eigenvalue weighted by atomic mass is 35.5. The first-order valence-corrected chi connectivity index (χ1v) is 8.95. The third kappa shape index (κ3) is 5.36. The maximum atomic E-state index is 12.1. The summed E-state index contributed by atoms with van der Waals surface area (Å²) in [5, 5.41) is 10.4. The summed E-state index contributed by atoms with van der Waals surface area (Å²) in [5.74, 6) is 0.696. The first-order valence-electron chi connectivity index (χ1n) is 8.19. The van der Waals surface area contributed by atoms with Crippen molar-refractivity contribution in [1.29, 1.82) is 0 Å². The fourth-order valence-electron chi connectivity index (χ4n) is 2.37. The van der Waals surface area contributed by atoms with Crippen molar-refractivity contribution in [3.63, 3.8) is 0 Å². The summed E-state index contributed by atoms with van der Waals surface area (Å²) in [6.45, 7) is 0.338. The van der Waals surface area contributed by atoms with Gasteiger partial charge >= 0.3 is 0 Å². The summed E-state index contributed by atoms with van der Waals surface area (Å²) in [4.78, 5) is 12.1. The summed E-state index contributed by atoms with van der Waals surface area (Å²) < 4.78 is 5.73. The minimum Gasteiger partial charge on any atom is -0.508 e. The first kappa shape index (κ1) is 19.0. The number of ketones is 1. The molecule has 0 atom stereocenters. The molecular formula is C22H16Cl2O3. The number of aromatic hydroxyl groups is 1. The standard InChI is InChI=1S/C22H16Cl2O3/c23-18-7-4-17(21(24)13-18)14-27-20-10-1-15(2-11-20)3-12-22(26)16-5-8-19(25)9-6-16/h1-13,25H,14H2/b12-3+. The van der Waals surface area contributed by atoms with Gasteiger partial charge in [-0.25, -0.2) is 0 Å². The summed E-state index contributed by atoms with van der Waals surface area (Å²) >= 11 is 12.0. The predicted molar refractivity (Wildman–Crippen MR) is 109 cm³/mol. The minimum atomic E-state index is -0.132. The van der Waals surface area contributed by atoms with Crippen LogP contribution in [0.4, 0.5) is 0 Å². The number of allylic oxidation sites excluding steroid dienone is 1. The van der Waals surface area contributed by atoms with Gasteiger partial charge in [-0.3, -0.25) is 4.79 Å². The maximum absolute atomic E-state index is 12.1. The molecule has 0 aliphatic rings. The van der Waals surface area contributed by atoms with Gasteiger partial charge in [-0.2, -0.15) is 0 Å². The zero-order valence-electron chi connectivity index (χ0n) is 14.2. The molecule has 0 unspecified atom stereocenters. The van der Waals surface area contributed by atoms with Crippen LogP contribution in [0, 0.1) is 0 Å². The number of phenols is 1. The Morgan fingerprint density at radius 1 is 0.963 bits per heavy atom. The van der Waals surface area contributed by atoms with Crippen molar-refractivity contribution in [3.8, 4) is 11.5 Å². The highest BCUT2D eigenvalue weighted by Gasteiger charge is 2.03. The lowest BCUT2D eigenvalue weighted by Gasteiger charge is -2.08. The average Bonchev–Trinajstić information content (AvgIpc) is 2.67. The molecule has 136 valence electrons. The highest BCUT2D eigenvalue weighted by molar-refractivity contribution is 6.35. The number of halogens is 2. The van der Waals surface area contributed by atoms with E-state index in [0.717, 1.165) is 11.1 Å². The summed E-state index contributed by atoms with van der Waals surface area (Å²) in [7, 11) is 0. The van der Waals surface area contributed by atoms with Gasteiger partial charge in [-0.1, -0.05) is 47.5 Å². The molecule has 0 aromatic heterocycles. The fraction of sp³-hybridized carbons (Fsp3) is 0.0455. The van der Waals surface area contributed by atoms with Crippen molar-refractivity contribution in [2.75, 3.05) is 0 Å². The van der Waals surface area contributed by atoms with Gasteiger partial charge in [0.25, 0.3) is 0 Å². The number of benzene rings is 3. The van der Waals surface area contributed by atoms with Gasteiger partial charge in [0.15, 0.2) is 5.78 Å². The van der Waals surface area contributed by atoms with Crippen LogP contribution < -0.4 is 4.74 Å². The number of hydrogen-bond acceptors (Lipinski definition) is 3. The van der Waals surface area contributed by atoms with E-state index in [-0.39, 0.29) is 11.5 Å². The summed E-state index contributed by atoms with van der Waals surface area (Å²) in [6, 6.07) is 18.8. The topological polar surface area (TPSA) is 46.5 Å². The molecule has 0 bridgehead atoms. The molecule has 0 aliphatic carbocycles. The number of phenolic OH excluding ortho intramolecular Hbond substituents is 1. The fourth-order valence-corrected chi connectivity index (χ4v) is 2.83. The Kier molecular flexibility index (Phi) is 6.17. The van der Waals surface area contributed by atoms with E-state index >= 15 is 0 Å². The molecule has 0 saturated carbocycles. The normalized spacial score (nSPS) is 10.9. The van der Waals surface area contributed by atoms with Gasteiger partial charge in [0, 0.05) is 21.2 Å². The monoisotopic (exact) mass is 398 g/mol. The van der Waals surface area contributed by atoms with E-state index in [0.29, 0.717) is 28.0 Å². The predicted octanol–water partition coefficient (Wildman–Crippen LogP) is 6.17. The van der Waals surface area contributed by atoms with E-state index < -0.39 is 0 Å². The Hall–Kier alpha value is -2.75. The van der Waals surface area contributed by atoms with Crippen molar-refractivity contribution < 1.29 is 14.6 Å². The van der Waals surface area contributed by atoms with Crippen LogP contribution in [0.1, 0.15) is 21.5 Å². The van der Waals surface area contributed by atoms with Crippen LogP contribution in [0.25, 0.3) is 6.08 Å². The van der Waals surface area contributed by atoms with Gasteiger partial charge in [-0.15, -0.1) is 0 Å². The molecule has 3 aromatic rings. The Morgan fingerprint density at radius 2 is 1.67 bits per heavy atom. The largest absolute Gasteiger partial charge is 0.508 e. The number of rotatable bonds is 6. The van der Waals surface area contributed by atoms with Crippen LogP contribution in [-0.4, -0.2) is 10.9 Å². The van der Waals surface area contributed by atoms with Crippen molar-refractivity contribution in [3.05, 3.63) is 99.5 Å². The van der Waals surface area contributed by atoms with Crippen molar-refractivity contribution in [1.82, 2.24) is 0 Å². The second kappa shape index (κ2) is 8.76. The highest BCUT2D eigenvalue weighted by Crippen LogP contribution is 2.23. The molecule has 3 nitrogen and oxygen atoms in total. The van der Waals surface area contributed by atoms with Gasteiger partial charge in [0.2, 0.25) is 0 Å². The molecule has 5 heteroatoms. The van der Waals surface area contributed by atoms with Crippen LogP contribution in [0.2, 0.25) is 10.0 Å². The van der Waals surface area contributed by atoms with Crippen molar-refractivity contribution >= 4 is 35.1 Å². The quantitative estimate of drug-likeness (QED) is 0.398. The molecule has 1 N–H and O–H groups in total. The molecule has 0 amide bonds. The third-order valence-electron chi connectivity index (χ3n) is 3.87. The van der Waals surface area contributed by atoms with Crippen LogP contribution in [0.15, 0.2) is 72.8 Å². The third-order valence-corrected chi connectivity index (χ3v) is 4.46. The second-order valence-corrected chi connectivity index (χ2v) is 6.68. The number of carbonyl (C=O) groups excluding carboxylic acids is 1. The molecule has 0 heterocycles. The summed E-state index contributed by atoms with van der Waals surface area (Å²) in [6.07, 6.45) is 3.23. The SMILES string of the molecule is O=C(/C=C/c1ccc(OCc2ccc(Cl)cc2Cl)cc1)c1ccc(O)cc1. The van der Waals surface area contributed by atoms with Gasteiger partial charge in [0.1, 0.15) is 18.1 Å². The summed E-state index contributed by atoms with van der Waals surface area (Å²) in [5.41, 5.74) is 2.24. The Labute approximate surface area is 167 Å². The lowest BCUT2D eigenvalue weighted by molar-refractivity contribution is 0.104. The van der Waals surface area contributed by atoms with E-state index in [9.17, 15) is 9.90 Å². The van der Waals surface area contributed by atoms with E-state index in [2.05, 4.69) is 0 Å². The molecule has 0 spiro atoms. The molecular weight excluding hydrogens is 383 g/mol. The Balaban J connectivity index is 1.59. The van der Waals surface area contributed by atoms with Crippen LogP contribution >= 0.6 is 23.2 Å². The average molecular weight is 399 g/mol. The maximum Gasteiger partial charge on any atom is 0.185 e. The second-order valence-electron chi connectivity index (χ2n) is 5.84. The Bertz CT molecular complexity index is 962.